The van der Waals surface area contributed by atoms with Gasteiger partial charge in [0.15, 0.2) is 0 Å². The Bertz CT molecular complexity index is 591. The molecule has 0 unspecified atom stereocenters. The lowest BCUT2D eigenvalue weighted by Gasteiger charge is -2.09. The second kappa shape index (κ2) is 5.97. The molecule has 0 atom stereocenters. The van der Waals surface area contributed by atoms with Gasteiger partial charge in [-0.25, -0.2) is 4.98 Å². The van der Waals surface area contributed by atoms with Crippen molar-refractivity contribution in [1.29, 1.82) is 0 Å². The van der Waals surface area contributed by atoms with Gasteiger partial charge in [-0.1, -0.05) is 29.3 Å². The quantitative estimate of drug-likeness (QED) is 0.829. The molecular weight excluding hydrogens is 320 g/mol. The molecule has 0 saturated carbocycles. The van der Waals surface area contributed by atoms with Gasteiger partial charge in [-0.3, -0.25) is 0 Å². The predicted octanol–water partition coefficient (Wildman–Crippen LogP) is 4.64. The second-order valence-corrected chi connectivity index (χ2v) is 6.50. The van der Waals surface area contributed by atoms with Crippen molar-refractivity contribution in [1.82, 2.24) is 4.98 Å². The fourth-order valence-electron chi connectivity index (χ4n) is 1.97. The smallest absolute Gasteiger partial charge is 0.111 e. The number of anilines is 1. The van der Waals surface area contributed by atoms with Crippen LogP contribution >= 0.6 is 27.7 Å². The molecular formula is C15H17BrN2S. The molecule has 0 bridgehead atoms. The van der Waals surface area contributed by atoms with Gasteiger partial charge < -0.3 is 5.73 Å². The topological polar surface area (TPSA) is 38.9 Å². The Labute approximate surface area is 126 Å². The maximum atomic E-state index is 5.83. The van der Waals surface area contributed by atoms with E-state index < -0.39 is 0 Å². The van der Waals surface area contributed by atoms with Crippen molar-refractivity contribution >= 4 is 33.4 Å². The van der Waals surface area contributed by atoms with Gasteiger partial charge in [0.1, 0.15) is 5.03 Å². The first-order valence-electron chi connectivity index (χ1n) is 6.08. The Hall–Kier alpha value is -1.00. The molecule has 1 aromatic carbocycles. The van der Waals surface area contributed by atoms with Gasteiger partial charge in [0, 0.05) is 5.75 Å². The van der Waals surface area contributed by atoms with Crippen LogP contribution < -0.4 is 5.73 Å². The lowest BCUT2D eigenvalue weighted by Crippen LogP contribution is -1.95. The molecule has 0 fully saturated rings. The third-order valence-electron chi connectivity index (χ3n) is 2.93. The summed E-state index contributed by atoms with van der Waals surface area (Å²) in [6.45, 7) is 6.26. The Balaban J connectivity index is 2.17. The Kier molecular flexibility index (Phi) is 4.53. The molecule has 0 amide bonds. The lowest BCUT2D eigenvalue weighted by atomic mass is 10.1. The monoisotopic (exact) mass is 336 g/mol. The number of halogens is 1. The molecule has 0 aliphatic carbocycles. The molecule has 0 saturated heterocycles. The van der Waals surface area contributed by atoms with Gasteiger partial charge in [0.25, 0.3) is 0 Å². The number of aryl methyl sites for hydroxylation is 2. The second-order valence-electron chi connectivity index (χ2n) is 4.74. The number of benzene rings is 1. The number of hydrogen-bond acceptors (Lipinski definition) is 3. The van der Waals surface area contributed by atoms with E-state index in [2.05, 4.69) is 53.0 Å². The standard InChI is InChI=1S/C15H17BrN2S/c1-9-4-10(2)6-12(5-9)8-19-15-14(16)11(3)13(17)7-18-15/h4-7H,8,17H2,1-3H3. The highest BCUT2D eigenvalue weighted by Crippen LogP contribution is 2.32. The number of nitrogen functional groups attached to an aromatic ring is 1. The van der Waals surface area contributed by atoms with Crippen molar-refractivity contribution in [2.45, 2.75) is 31.6 Å². The van der Waals surface area contributed by atoms with Crippen LogP contribution in [-0.2, 0) is 5.75 Å². The summed E-state index contributed by atoms with van der Waals surface area (Å²) < 4.78 is 1.00. The van der Waals surface area contributed by atoms with Crippen LogP contribution in [0.5, 0.6) is 0 Å². The molecule has 2 aromatic rings. The van der Waals surface area contributed by atoms with E-state index in [9.17, 15) is 0 Å². The molecule has 100 valence electrons. The first kappa shape index (κ1) is 14.4. The van der Waals surface area contributed by atoms with E-state index in [1.54, 1.807) is 18.0 Å². The van der Waals surface area contributed by atoms with Gasteiger partial charge >= 0.3 is 0 Å². The van der Waals surface area contributed by atoms with Crippen molar-refractivity contribution in [2.24, 2.45) is 0 Å². The average molecular weight is 337 g/mol. The minimum absolute atomic E-state index is 0.725. The zero-order valence-corrected chi connectivity index (χ0v) is 13.7. The predicted molar refractivity (Wildman–Crippen MR) is 86.6 cm³/mol. The number of hydrogen-bond donors (Lipinski definition) is 1. The van der Waals surface area contributed by atoms with E-state index >= 15 is 0 Å². The fraction of sp³-hybridized carbons (Fsp3) is 0.267. The maximum Gasteiger partial charge on any atom is 0.111 e. The molecule has 0 aliphatic rings. The minimum atomic E-state index is 0.725. The van der Waals surface area contributed by atoms with E-state index in [0.717, 1.165) is 26.5 Å². The van der Waals surface area contributed by atoms with Crippen LogP contribution in [0.25, 0.3) is 0 Å². The largest absolute Gasteiger partial charge is 0.397 e. The number of pyridine rings is 1. The molecule has 2 nitrogen and oxygen atoms in total. The van der Waals surface area contributed by atoms with E-state index in [0.29, 0.717) is 0 Å². The third kappa shape index (κ3) is 3.51. The molecule has 1 heterocycles. The Morgan fingerprint density at radius 1 is 1.16 bits per heavy atom. The minimum Gasteiger partial charge on any atom is -0.397 e. The van der Waals surface area contributed by atoms with Crippen LogP contribution in [-0.4, -0.2) is 4.98 Å². The molecule has 0 aliphatic heterocycles. The molecule has 2 N–H and O–H groups in total. The summed E-state index contributed by atoms with van der Waals surface area (Å²) in [5.41, 5.74) is 11.5. The normalized spacial score (nSPS) is 10.7. The van der Waals surface area contributed by atoms with E-state index in [1.807, 2.05) is 6.92 Å². The Morgan fingerprint density at radius 3 is 2.42 bits per heavy atom. The van der Waals surface area contributed by atoms with Crippen LogP contribution in [0, 0.1) is 20.8 Å². The number of nitrogens with two attached hydrogens (primary N) is 1. The number of aromatic nitrogens is 1. The van der Waals surface area contributed by atoms with Crippen molar-refractivity contribution in [2.75, 3.05) is 5.73 Å². The summed E-state index contributed by atoms with van der Waals surface area (Å²) in [6, 6.07) is 6.63. The maximum absolute atomic E-state index is 5.83. The number of nitrogens with zero attached hydrogens (tertiary/aromatic N) is 1. The molecule has 2 rings (SSSR count). The lowest BCUT2D eigenvalue weighted by molar-refractivity contribution is 1.09. The molecule has 4 heteroatoms. The van der Waals surface area contributed by atoms with Crippen LogP contribution in [0.2, 0.25) is 0 Å². The van der Waals surface area contributed by atoms with Gasteiger partial charge in [-0.2, -0.15) is 0 Å². The van der Waals surface area contributed by atoms with Gasteiger partial charge in [0.05, 0.1) is 16.4 Å². The van der Waals surface area contributed by atoms with E-state index in [1.165, 1.54) is 16.7 Å². The van der Waals surface area contributed by atoms with Crippen LogP contribution in [0.3, 0.4) is 0 Å². The number of thioether (sulfide) groups is 1. The summed E-state index contributed by atoms with van der Waals surface area (Å²) in [7, 11) is 0. The van der Waals surface area contributed by atoms with Gasteiger partial charge in [0.2, 0.25) is 0 Å². The highest BCUT2D eigenvalue weighted by molar-refractivity contribution is 9.10. The van der Waals surface area contributed by atoms with Crippen molar-refractivity contribution < 1.29 is 0 Å². The SMILES string of the molecule is Cc1cc(C)cc(CSc2ncc(N)c(C)c2Br)c1. The van der Waals surface area contributed by atoms with E-state index in [-0.39, 0.29) is 0 Å². The first-order chi connectivity index (χ1) is 8.97. The molecule has 19 heavy (non-hydrogen) atoms. The van der Waals surface area contributed by atoms with Crippen molar-refractivity contribution in [3.05, 3.63) is 51.1 Å². The van der Waals surface area contributed by atoms with Crippen molar-refractivity contribution in [3.8, 4) is 0 Å². The Morgan fingerprint density at radius 2 is 1.79 bits per heavy atom. The highest BCUT2D eigenvalue weighted by Gasteiger charge is 2.08. The van der Waals surface area contributed by atoms with Crippen LogP contribution in [0.4, 0.5) is 5.69 Å². The van der Waals surface area contributed by atoms with Crippen molar-refractivity contribution in [3.63, 3.8) is 0 Å². The third-order valence-corrected chi connectivity index (χ3v) is 5.22. The molecule has 1 aromatic heterocycles. The van der Waals surface area contributed by atoms with Crippen LogP contribution in [0.15, 0.2) is 33.9 Å². The molecule has 0 spiro atoms. The molecule has 0 radical (unpaired) electrons. The zero-order chi connectivity index (χ0) is 14.0. The summed E-state index contributed by atoms with van der Waals surface area (Å²) >= 11 is 5.30. The number of rotatable bonds is 3. The summed E-state index contributed by atoms with van der Waals surface area (Å²) in [5.74, 6) is 0.914. The van der Waals surface area contributed by atoms with Crippen LogP contribution in [0.1, 0.15) is 22.3 Å². The average Bonchev–Trinajstić information content (AvgIpc) is 2.34. The zero-order valence-electron chi connectivity index (χ0n) is 11.3. The summed E-state index contributed by atoms with van der Waals surface area (Å²) in [6.07, 6.45) is 1.73. The van der Waals surface area contributed by atoms with Gasteiger partial charge in [-0.15, -0.1) is 11.8 Å². The highest BCUT2D eigenvalue weighted by atomic mass is 79.9. The summed E-state index contributed by atoms with van der Waals surface area (Å²) in [5, 5.41) is 0.992. The van der Waals surface area contributed by atoms with Gasteiger partial charge in [-0.05, 0) is 47.8 Å². The first-order valence-corrected chi connectivity index (χ1v) is 7.86. The van der Waals surface area contributed by atoms with E-state index in [4.69, 9.17) is 5.73 Å². The summed E-state index contributed by atoms with van der Waals surface area (Å²) in [4.78, 5) is 4.39. The fourth-order valence-corrected chi connectivity index (χ4v) is 3.53.